The molecule has 0 unspecified atom stereocenters. The van der Waals surface area contributed by atoms with Gasteiger partial charge < -0.3 is 9.47 Å². The number of pyridine rings is 1. The van der Waals surface area contributed by atoms with E-state index < -0.39 is 47.3 Å². The molecule has 1 heterocycles. The predicted octanol–water partition coefficient (Wildman–Crippen LogP) is 3.83. The zero-order valence-corrected chi connectivity index (χ0v) is 11.3. The van der Waals surface area contributed by atoms with Crippen molar-refractivity contribution in [3.8, 4) is 5.88 Å². The van der Waals surface area contributed by atoms with E-state index in [2.05, 4.69) is 14.5 Å². The number of nitrogens with zero attached hydrogens (tertiary/aromatic N) is 1. The standard InChI is InChI=1S/C11H9ClF5NO3/c1-2-20-10(19)8-6(4-12)5(9(13)14)3-7(18-8)21-11(15,16)17/h3,9H,2,4H2,1H3. The fourth-order valence-electron chi connectivity index (χ4n) is 1.44. The Labute approximate surface area is 120 Å². The SMILES string of the molecule is CCOC(=O)c1nc(OC(F)(F)F)cc(C(F)F)c1CCl. The van der Waals surface area contributed by atoms with E-state index in [9.17, 15) is 26.7 Å². The number of rotatable bonds is 5. The van der Waals surface area contributed by atoms with Crippen molar-refractivity contribution >= 4 is 17.6 Å². The van der Waals surface area contributed by atoms with Crippen LogP contribution in [-0.4, -0.2) is 23.9 Å². The fraction of sp³-hybridized carbons (Fsp3) is 0.455. The Morgan fingerprint density at radius 3 is 2.48 bits per heavy atom. The first-order valence-corrected chi connectivity index (χ1v) is 6.03. The number of esters is 1. The molecule has 0 aliphatic rings. The highest BCUT2D eigenvalue weighted by Crippen LogP contribution is 2.31. The minimum atomic E-state index is -5.14. The molecular formula is C11H9ClF5NO3. The first-order valence-electron chi connectivity index (χ1n) is 5.50. The van der Waals surface area contributed by atoms with Crippen molar-refractivity contribution in [1.29, 1.82) is 0 Å². The second-order valence-electron chi connectivity index (χ2n) is 3.58. The number of ether oxygens (including phenoxy) is 2. The smallest absolute Gasteiger partial charge is 0.461 e. The molecule has 21 heavy (non-hydrogen) atoms. The maximum absolute atomic E-state index is 12.9. The Kier molecular flexibility index (Phi) is 5.70. The highest BCUT2D eigenvalue weighted by molar-refractivity contribution is 6.17. The maximum atomic E-state index is 12.9. The molecule has 118 valence electrons. The summed E-state index contributed by atoms with van der Waals surface area (Å²) in [5, 5.41) is 0. The summed E-state index contributed by atoms with van der Waals surface area (Å²) in [6.07, 6.45) is -8.30. The summed E-state index contributed by atoms with van der Waals surface area (Å²) in [4.78, 5) is 14.8. The Balaban J connectivity index is 3.40. The summed E-state index contributed by atoms with van der Waals surface area (Å²) in [7, 11) is 0. The first kappa shape index (κ1) is 17.4. The number of carbonyl (C=O) groups excluding carboxylic acids is 1. The third-order valence-electron chi connectivity index (χ3n) is 2.19. The highest BCUT2D eigenvalue weighted by atomic mass is 35.5. The maximum Gasteiger partial charge on any atom is 0.574 e. The summed E-state index contributed by atoms with van der Waals surface area (Å²) in [6.45, 7) is 1.32. The molecule has 0 aliphatic carbocycles. The van der Waals surface area contributed by atoms with Gasteiger partial charge in [0.05, 0.1) is 12.5 Å². The lowest BCUT2D eigenvalue weighted by Gasteiger charge is -2.14. The van der Waals surface area contributed by atoms with Crippen LogP contribution in [0.25, 0.3) is 0 Å². The largest absolute Gasteiger partial charge is 0.574 e. The predicted molar refractivity (Wildman–Crippen MR) is 61.4 cm³/mol. The van der Waals surface area contributed by atoms with Crippen LogP contribution in [0.1, 0.15) is 35.0 Å². The molecule has 0 fully saturated rings. The Morgan fingerprint density at radius 2 is 2.05 bits per heavy atom. The van der Waals surface area contributed by atoms with Gasteiger partial charge in [-0.05, 0) is 6.92 Å². The van der Waals surface area contributed by atoms with E-state index in [-0.39, 0.29) is 6.61 Å². The monoisotopic (exact) mass is 333 g/mol. The van der Waals surface area contributed by atoms with Crippen molar-refractivity contribution in [3.05, 3.63) is 22.9 Å². The van der Waals surface area contributed by atoms with Gasteiger partial charge in [-0.2, -0.15) is 0 Å². The number of hydrogen-bond donors (Lipinski definition) is 0. The molecule has 0 amide bonds. The Hall–Kier alpha value is -1.64. The third-order valence-corrected chi connectivity index (χ3v) is 2.46. The van der Waals surface area contributed by atoms with Crippen molar-refractivity contribution in [2.45, 2.75) is 25.6 Å². The summed E-state index contributed by atoms with van der Waals surface area (Å²) < 4.78 is 70.2. The van der Waals surface area contributed by atoms with Gasteiger partial charge in [0.15, 0.2) is 5.69 Å². The summed E-state index contributed by atoms with van der Waals surface area (Å²) in [5.41, 5.74) is -2.01. The van der Waals surface area contributed by atoms with Crippen LogP contribution in [0, 0.1) is 0 Å². The molecule has 10 heteroatoms. The topological polar surface area (TPSA) is 48.4 Å². The van der Waals surface area contributed by atoms with Crippen LogP contribution in [0.2, 0.25) is 0 Å². The molecule has 0 radical (unpaired) electrons. The van der Waals surface area contributed by atoms with E-state index in [1.165, 1.54) is 6.92 Å². The van der Waals surface area contributed by atoms with Crippen molar-refractivity contribution in [2.24, 2.45) is 0 Å². The van der Waals surface area contributed by atoms with E-state index in [1.54, 1.807) is 0 Å². The summed E-state index contributed by atoms with van der Waals surface area (Å²) >= 11 is 5.47. The van der Waals surface area contributed by atoms with Crippen LogP contribution in [0.4, 0.5) is 22.0 Å². The zero-order chi connectivity index (χ0) is 16.2. The van der Waals surface area contributed by atoms with E-state index in [0.29, 0.717) is 6.07 Å². The van der Waals surface area contributed by atoms with Gasteiger partial charge in [-0.25, -0.2) is 18.6 Å². The summed E-state index contributed by atoms with van der Waals surface area (Å²) in [5.74, 6) is -2.90. The van der Waals surface area contributed by atoms with Crippen molar-refractivity contribution in [1.82, 2.24) is 4.98 Å². The first-order chi connectivity index (χ1) is 9.69. The molecule has 0 atom stereocenters. The molecule has 0 spiro atoms. The second-order valence-corrected chi connectivity index (χ2v) is 3.85. The zero-order valence-electron chi connectivity index (χ0n) is 10.5. The number of hydrogen-bond acceptors (Lipinski definition) is 4. The van der Waals surface area contributed by atoms with Gasteiger partial charge in [0.25, 0.3) is 6.43 Å². The molecular weight excluding hydrogens is 325 g/mol. The quantitative estimate of drug-likeness (QED) is 0.467. The van der Waals surface area contributed by atoms with E-state index in [4.69, 9.17) is 11.6 Å². The van der Waals surface area contributed by atoms with Gasteiger partial charge in [-0.1, -0.05) is 0 Å². The van der Waals surface area contributed by atoms with E-state index in [1.807, 2.05) is 0 Å². The highest BCUT2D eigenvalue weighted by Gasteiger charge is 2.34. The number of halogens is 6. The van der Waals surface area contributed by atoms with Gasteiger partial charge >= 0.3 is 12.3 Å². The molecule has 0 N–H and O–H groups in total. The average Bonchev–Trinajstić information content (AvgIpc) is 2.35. The number of carbonyl (C=O) groups is 1. The van der Waals surface area contributed by atoms with Crippen LogP contribution in [-0.2, 0) is 10.6 Å². The van der Waals surface area contributed by atoms with Gasteiger partial charge in [-0.3, -0.25) is 0 Å². The fourth-order valence-corrected chi connectivity index (χ4v) is 1.72. The molecule has 1 aromatic heterocycles. The number of aromatic nitrogens is 1. The molecule has 4 nitrogen and oxygen atoms in total. The molecule has 0 saturated carbocycles. The molecule has 0 aliphatic heterocycles. The lowest BCUT2D eigenvalue weighted by molar-refractivity contribution is -0.276. The number of alkyl halides is 6. The van der Waals surface area contributed by atoms with E-state index in [0.717, 1.165) is 0 Å². The second kappa shape index (κ2) is 6.88. The molecule has 0 bridgehead atoms. The Morgan fingerprint density at radius 1 is 1.43 bits per heavy atom. The molecule has 1 rings (SSSR count). The minimum absolute atomic E-state index is 0.114. The van der Waals surface area contributed by atoms with Crippen LogP contribution < -0.4 is 4.74 Å². The van der Waals surface area contributed by atoms with Crippen molar-refractivity contribution in [2.75, 3.05) is 6.61 Å². The average molecular weight is 334 g/mol. The third kappa shape index (κ3) is 4.69. The molecule has 0 saturated heterocycles. The lowest BCUT2D eigenvalue weighted by Crippen LogP contribution is -2.20. The van der Waals surface area contributed by atoms with Gasteiger partial charge in [0.2, 0.25) is 5.88 Å². The van der Waals surface area contributed by atoms with Crippen molar-refractivity contribution < 1.29 is 36.2 Å². The molecule has 0 aromatic carbocycles. The minimum Gasteiger partial charge on any atom is -0.461 e. The van der Waals surface area contributed by atoms with Crippen molar-refractivity contribution in [3.63, 3.8) is 0 Å². The summed E-state index contributed by atoms with van der Waals surface area (Å²) in [6, 6.07) is 0.387. The van der Waals surface area contributed by atoms with Crippen LogP contribution in [0.15, 0.2) is 6.07 Å². The normalized spacial score (nSPS) is 11.6. The van der Waals surface area contributed by atoms with Crippen LogP contribution in [0.3, 0.4) is 0 Å². The van der Waals surface area contributed by atoms with E-state index >= 15 is 0 Å². The van der Waals surface area contributed by atoms with Crippen LogP contribution >= 0.6 is 11.6 Å². The molecule has 1 aromatic rings. The Bertz CT molecular complexity index is 521. The van der Waals surface area contributed by atoms with Gasteiger partial charge in [-0.15, -0.1) is 24.8 Å². The van der Waals surface area contributed by atoms with Gasteiger partial charge in [0.1, 0.15) is 0 Å². The lowest BCUT2D eigenvalue weighted by atomic mass is 10.1. The van der Waals surface area contributed by atoms with Crippen LogP contribution in [0.5, 0.6) is 5.88 Å². The van der Waals surface area contributed by atoms with Gasteiger partial charge in [0, 0.05) is 17.2 Å².